The molecule has 18 heavy (non-hydrogen) atoms. The fraction of sp³-hybridized carbons (Fsp3) is 0.500. The summed E-state index contributed by atoms with van der Waals surface area (Å²) >= 11 is 0. The molecule has 98 valence electrons. The molecule has 0 amide bonds. The van der Waals surface area contributed by atoms with Gasteiger partial charge in [0.05, 0.1) is 23.8 Å². The molecule has 2 aromatic rings. The number of nitrogens with two attached hydrogens (primary N) is 1. The Morgan fingerprint density at radius 1 is 1.50 bits per heavy atom. The van der Waals surface area contributed by atoms with E-state index in [0.29, 0.717) is 6.04 Å². The monoisotopic (exact) mass is 247 g/mol. The maximum atomic E-state index is 6.15. The highest BCUT2D eigenvalue weighted by Crippen LogP contribution is 2.23. The van der Waals surface area contributed by atoms with Gasteiger partial charge in [-0.1, -0.05) is 0 Å². The lowest BCUT2D eigenvalue weighted by Crippen LogP contribution is -2.32. The number of hydrogen-bond acceptors (Lipinski definition) is 3. The summed E-state index contributed by atoms with van der Waals surface area (Å²) in [4.78, 5) is 4.21. The molecule has 2 aromatic heterocycles. The van der Waals surface area contributed by atoms with E-state index in [4.69, 9.17) is 10.2 Å². The Kier molecular flexibility index (Phi) is 3.57. The van der Waals surface area contributed by atoms with E-state index in [1.807, 2.05) is 38.5 Å². The van der Waals surface area contributed by atoms with Crippen molar-refractivity contribution in [1.82, 2.24) is 9.55 Å². The molecular formula is C14H21N3O. The van der Waals surface area contributed by atoms with Crippen molar-refractivity contribution in [2.24, 2.45) is 5.73 Å². The third kappa shape index (κ3) is 2.82. The Bertz CT molecular complexity index is 479. The topological polar surface area (TPSA) is 57.0 Å². The molecule has 4 heteroatoms. The zero-order valence-corrected chi connectivity index (χ0v) is 11.3. The van der Waals surface area contributed by atoms with Crippen LogP contribution in [-0.4, -0.2) is 9.55 Å². The van der Waals surface area contributed by atoms with E-state index in [1.165, 1.54) is 0 Å². The molecule has 1 atom stereocenters. The van der Waals surface area contributed by atoms with Gasteiger partial charge in [0.2, 0.25) is 0 Å². The number of aryl methyl sites for hydroxylation is 1. The SMILES string of the molecule is CC(CCc1ccco1)n1cncc1C(C)(C)N. The standard InChI is InChI=1S/C14H21N3O/c1-11(6-7-12-5-4-8-18-12)17-10-16-9-13(17)14(2,3)15/h4-5,8-11H,6-7,15H2,1-3H3. The maximum absolute atomic E-state index is 6.15. The van der Waals surface area contributed by atoms with Gasteiger partial charge in [-0.05, 0) is 39.3 Å². The summed E-state index contributed by atoms with van der Waals surface area (Å²) in [6, 6.07) is 4.29. The molecule has 0 bridgehead atoms. The second kappa shape index (κ2) is 4.98. The van der Waals surface area contributed by atoms with Gasteiger partial charge in [0.15, 0.2) is 0 Å². The lowest BCUT2D eigenvalue weighted by Gasteiger charge is -2.24. The summed E-state index contributed by atoms with van der Waals surface area (Å²) < 4.78 is 7.50. The Morgan fingerprint density at radius 3 is 2.89 bits per heavy atom. The zero-order valence-electron chi connectivity index (χ0n) is 11.3. The Morgan fingerprint density at radius 2 is 2.28 bits per heavy atom. The number of nitrogens with zero attached hydrogens (tertiary/aromatic N) is 2. The third-order valence-electron chi connectivity index (χ3n) is 3.19. The normalized spacial score (nSPS) is 13.8. The molecule has 1 unspecified atom stereocenters. The number of aromatic nitrogens is 2. The average Bonchev–Trinajstić information content (AvgIpc) is 2.95. The molecule has 2 rings (SSSR count). The average molecular weight is 247 g/mol. The van der Waals surface area contributed by atoms with Gasteiger partial charge in [-0.3, -0.25) is 0 Å². The highest BCUT2D eigenvalue weighted by molar-refractivity contribution is 5.11. The van der Waals surface area contributed by atoms with E-state index in [-0.39, 0.29) is 5.54 Å². The molecule has 2 heterocycles. The maximum Gasteiger partial charge on any atom is 0.103 e. The van der Waals surface area contributed by atoms with Crippen LogP contribution < -0.4 is 5.73 Å². The van der Waals surface area contributed by atoms with E-state index >= 15 is 0 Å². The van der Waals surface area contributed by atoms with Crippen LogP contribution in [0.4, 0.5) is 0 Å². The molecule has 2 N–H and O–H groups in total. The van der Waals surface area contributed by atoms with Crippen molar-refractivity contribution in [2.75, 3.05) is 0 Å². The summed E-state index contributed by atoms with van der Waals surface area (Å²) in [7, 11) is 0. The van der Waals surface area contributed by atoms with Gasteiger partial charge < -0.3 is 14.7 Å². The van der Waals surface area contributed by atoms with Crippen molar-refractivity contribution in [3.63, 3.8) is 0 Å². The van der Waals surface area contributed by atoms with Crippen molar-refractivity contribution in [1.29, 1.82) is 0 Å². The molecule has 0 saturated heterocycles. The molecule has 4 nitrogen and oxygen atoms in total. The first-order chi connectivity index (χ1) is 8.48. The first kappa shape index (κ1) is 12.9. The minimum atomic E-state index is -0.366. The quantitative estimate of drug-likeness (QED) is 0.883. The Labute approximate surface area is 108 Å². The fourth-order valence-electron chi connectivity index (χ4n) is 2.10. The first-order valence-corrected chi connectivity index (χ1v) is 6.32. The third-order valence-corrected chi connectivity index (χ3v) is 3.19. The minimum absolute atomic E-state index is 0.357. The van der Waals surface area contributed by atoms with Crippen LogP contribution in [0.2, 0.25) is 0 Å². The molecule has 0 radical (unpaired) electrons. The van der Waals surface area contributed by atoms with E-state index < -0.39 is 0 Å². The van der Waals surface area contributed by atoms with Gasteiger partial charge in [-0.2, -0.15) is 0 Å². The highest BCUT2D eigenvalue weighted by atomic mass is 16.3. The molecule has 0 saturated carbocycles. The highest BCUT2D eigenvalue weighted by Gasteiger charge is 2.21. The van der Waals surface area contributed by atoms with Crippen molar-refractivity contribution in [3.8, 4) is 0 Å². The van der Waals surface area contributed by atoms with Crippen LogP contribution in [0.5, 0.6) is 0 Å². The van der Waals surface area contributed by atoms with Crippen LogP contribution in [0.1, 0.15) is 44.7 Å². The lowest BCUT2D eigenvalue weighted by molar-refractivity contribution is 0.415. The van der Waals surface area contributed by atoms with Crippen LogP contribution in [0.15, 0.2) is 35.3 Å². The van der Waals surface area contributed by atoms with E-state index in [2.05, 4.69) is 16.5 Å². The molecule has 0 spiro atoms. The van der Waals surface area contributed by atoms with E-state index in [1.54, 1.807) is 6.26 Å². The summed E-state index contributed by atoms with van der Waals surface area (Å²) in [5.74, 6) is 1.02. The molecule has 0 aliphatic heterocycles. The van der Waals surface area contributed by atoms with Crippen LogP contribution in [0.25, 0.3) is 0 Å². The second-order valence-electron chi connectivity index (χ2n) is 5.37. The summed E-state index contributed by atoms with van der Waals surface area (Å²) in [5, 5.41) is 0. The molecule has 0 aliphatic carbocycles. The van der Waals surface area contributed by atoms with Gasteiger partial charge in [-0.15, -0.1) is 0 Å². The van der Waals surface area contributed by atoms with Crippen LogP contribution in [0, 0.1) is 0 Å². The second-order valence-corrected chi connectivity index (χ2v) is 5.37. The number of imidazole rings is 1. The predicted octanol–water partition coefficient (Wildman–Crippen LogP) is 2.86. The minimum Gasteiger partial charge on any atom is -0.469 e. The number of hydrogen-bond donors (Lipinski definition) is 1. The van der Waals surface area contributed by atoms with Crippen molar-refractivity contribution in [2.45, 2.75) is 45.2 Å². The molecule has 0 fully saturated rings. The van der Waals surface area contributed by atoms with Crippen LogP contribution in [0.3, 0.4) is 0 Å². The van der Waals surface area contributed by atoms with Gasteiger partial charge >= 0.3 is 0 Å². The van der Waals surface area contributed by atoms with Gasteiger partial charge in [0.1, 0.15) is 5.76 Å². The van der Waals surface area contributed by atoms with Gasteiger partial charge in [0.25, 0.3) is 0 Å². The molecule has 0 aromatic carbocycles. The predicted molar refractivity (Wildman–Crippen MR) is 71.2 cm³/mol. The van der Waals surface area contributed by atoms with E-state index in [9.17, 15) is 0 Å². The lowest BCUT2D eigenvalue weighted by atomic mass is 10.0. The largest absolute Gasteiger partial charge is 0.469 e. The fourth-order valence-corrected chi connectivity index (χ4v) is 2.10. The van der Waals surface area contributed by atoms with Gasteiger partial charge in [-0.25, -0.2) is 4.98 Å². The van der Waals surface area contributed by atoms with Gasteiger partial charge in [0, 0.05) is 18.7 Å². The van der Waals surface area contributed by atoms with Crippen molar-refractivity contribution < 1.29 is 4.42 Å². The molecule has 0 aliphatic rings. The summed E-state index contributed by atoms with van der Waals surface area (Å²) in [6.45, 7) is 6.18. The first-order valence-electron chi connectivity index (χ1n) is 6.32. The van der Waals surface area contributed by atoms with E-state index in [0.717, 1.165) is 24.3 Å². The van der Waals surface area contributed by atoms with Crippen LogP contribution in [-0.2, 0) is 12.0 Å². The Balaban J connectivity index is 2.05. The Hall–Kier alpha value is -1.55. The number of furan rings is 1. The van der Waals surface area contributed by atoms with Crippen molar-refractivity contribution in [3.05, 3.63) is 42.4 Å². The zero-order chi connectivity index (χ0) is 13.2. The summed E-state index contributed by atoms with van der Waals surface area (Å²) in [5.41, 5.74) is 6.85. The number of rotatable bonds is 5. The smallest absolute Gasteiger partial charge is 0.103 e. The molecular weight excluding hydrogens is 226 g/mol. The summed E-state index contributed by atoms with van der Waals surface area (Å²) in [6.07, 6.45) is 7.36. The van der Waals surface area contributed by atoms with Crippen LogP contribution >= 0.6 is 0 Å². The van der Waals surface area contributed by atoms with Crippen molar-refractivity contribution >= 4 is 0 Å².